The third-order valence-corrected chi connectivity index (χ3v) is 5.76. The van der Waals surface area contributed by atoms with E-state index >= 15 is 0 Å². The summed E-state index contributed by atoms with van der Waals surface area (Å²) in [6, 6.07) is 11.6. The van der Waals surface area contributed by atoms with Crippen molar-refractivity contribution >= 4 is 35.0 Å². The molecule has 0 saturated heterocycles. The van der Waals surface area contributed by atoms with Crippen molar-refractivity contribution in [3.63, 3.8) is 0 Å². The first-order valence-corrected chi connectivity index (χ1v) is 10.2. The van der Waals surface area contributed by atoms with Gasteiger partial charge in [-0.25, -0.2) is 4.39 Å². The van der Waals surface area contributed by atoms with Gasteiger partial charge in [-0.15, -0.1) is 11.8 Å². The number of rotatable bonds is 6. The van der Waals surface area contributed by atoms with Gasteiger partial charge >= 0.3 is 0 Å². The van der Waals surface area contributed by atoms with Crippen molar-refractivity contribution in [3.05, 3.63) is 59.4 Å². The molecule has 1 unspecified atom stereocenters. The summed E-state index contributed by atoms with van der Waals surface area (Å²) in [4.78, 5) is 24.5. The summed E-state index contributed by atoms with van der Waals surface area (Å²) in [6.45, 7) is 1.79. The standard InChI is InChI=1S/C21H23FN2O2S/c1-14(27-13-20(25)23-17-11-9-16(22)10-12-17)21(26)24-19-8-4-6-15-5-2-3-7-18(15)19/h4,6,8-12,14H,2-3,5,7,13H2,1H3,(H,23,25)(H,24,26). The second-order valence-corrected chi connectivity index (χ2v) is 7.98. The molecule has 1 atom stereocenters. The molecule has 2 amide bonds. The molecule has 0 spiro atoms. The molecule has 0 saturated carbocycles. The quantitative estimate of drug-likeness (QED) is 0.773. The number of benzene rings is 2. The topological polar surface area (TPSA) is 58.2 Å². The number of anilines is 2. The highest BCUT2D eigenvalue weighted by molar-refractivity contribution is 8.01. The Balaban J connectivity index is 1.51. The van der Waals surface area contributed by atoms with E-state index in [1.54, 1.807) is 6.92 Å². The first kappa shape index (κ1) is 19.4. The minimum atomic E-state index is -0.358. The highest BCUT2D eigenvalue weighted by atomic mass is 32.2. The molecule has 0 aliphatic heterocycles. The maximum atomic E-state index is 12.9. The van der Waals surface area contributed by atoms with Crippen LogP contribution >= 0.6 is 11.8 Å². The van der Waals surface area contributed by atoms with E-state index in [4.69, 9.17) is 0 Å². The molecule has 27 heavy (non-hydrogen) atoms. The number of carbonyl (C=O) groups excluding carboxylic acids is 2. The summed E-state index contributed by atoms with van der Waals surface area (Å²) < 4.78 is 12.9. The molecule has 4 nitrogen and oxygen atoms in total. The fourth-order valence-electron chi connectivity index (χ4n) is 3.14. The average Bonchev–Trinajstić information content (AvgIpc) is 2.68. The summed E-state index contributed by atoms with van der Waals surface area (Å²) in [6.07, 6.45) is 4.40. The summed E-state index contributed by atoms with van der Waals surface area (Å²) in [5.41, 5.74) is 3.98. The van der Waals surface area contributed by atoms with Crippen LogP contribution in [0.1, 0.15) is 30.9 Å². The third-order valence-electron chi connectivity index (χ3n) is 4.62. The minimum absolute atomic E-state index is 0.103. The Hall–Kier alpha value is -2.34. The SMILES string of the molecule is CC(SCC(=O)Nc1ccc(F)cc1)C(=O)Nc1cccc2c1CCCC2. The van der Waals surface area contributed by atoms with Crippen molar-refractivity contribution in [2.45, 2.75) is 37.9 Å². The lowest BCUT2D eigenvalue weighted by molar-refractivity contribution is -0.115. The summed E-state index contributed by atoms with van der Waals surface area (Å²) in [5, 5.41) is 5.35. The Morgan fingerprint density at radius 3 is 2.59 bits per heavy atom. The van der Waals surface area contributed by atoms with Crippen molar-refractivity contribution in [3.8, 4) is 0 Å². The molecular weight excluding hydrogens is 363 g/mol. The minimum Gasteiger partial charge on any atom is -0.325 e. The Labute approximate surface area is 162 Å². The maximum absolute atomic E-state index is 12.9. The van der Waals surface area contributed by atoms with Crippen LogP contribution in [-0.4, -0.2) is 22.8 Å². The number of hydrogen-bond donors (Lipinski definition) is 2. The monoisotopic (exact) mass is 386 g/mol. The second kappa shape index (κ2) is 9.04. The molecular formula is C21H23FN2O2S. The second-order valence-electron chi connectivity index (χ2n) is 6.65. The van der Waals surface area contributed by atoms with E-state index in [2.05, 4.69) is 16.7 Å². The van der Waals surface area contributed by atoms with Crippen LogP contribution in [0, 0.1) is 5.82 Å². The predicted molar refractivity (Wildman–Crippen MR) is 109 cm³/mol. The number of thioether (sulfide) groups is 1. The third kappa shape index (κ3) is 5.32. The molecule has 0 aromatic heterocycles. The molecule has 0 fully saturated rings. The Morgan fingerprint density at radius 1 is 1.07 bits per heavy atom. The first-order chi connectivity index (χ1) is 13.0. The molecule has 1 aliphatic rings. The van der Waals surface area contributed by atoms with Crippen molar-refractivity contribution in [2.75, 3.05) is 16.4 Å². The lowest BCUT2D eigenvalue weighted by Crippen LogP contribution is -2.26. The fourth-order valence-corrected chi connectivity index (χ4v) is 3.82. The van der Waals surface area contributed by atoms with Crippen LogP contribution in [0.25, 0.3) is 0 Å². The van der Waals surface area contributed by atoms with Gasteiger partial charge in [0, 0.05) is 11.4 Å². The molecule has 6 heteroatoms. The van der Waals surface area contributed by atoms with Gasteiger partial charge in [0.25, 0.3) is 0 Å². The highest BCUT2D eigenvalue weighted by Gasteiger charge is 2.19. The van der Waals surface area contributed by atoms with Crippen LogP contribution in [-0.2, 0) is 22.4 Å². The van der Waals surface area contributed by atoms with E-state index < -0.39 is 0 Å². The van der Waals surface area contributed by atoms with Gasteiger partial charge in [-0.2, -0.15) is 0 Å². The zero-order chi connectivity index (χ0) is 19.2. The van der Waals surface area contributed by atoms with Crippen molar-refractivity contribution in [2.24, 2.45) is 0 Å². The molecule has 0 bridgehead atoms. The molecule has 1 aliphatic carbocycles. The van der Waals surface area contributed by atoms with E-state index in [-0.39, 0.29) is 28.6 Å². The molecule has 142 valence electrons. The molecule has 2 N–H and O–H groups in total. The van der Waals surface area contributed by atoms with Crippen molar-refractivity contribution < 1.29 is 14.0 Å². The van der Waals surface area contributed by atoms with E-state index in [0.29, 0.717) is 5.69 Å². The summed E-state index contributed by atoms with van der Waals surface area (Å²) in [7, 11) is 0. The van der Waals surface area contributed by atoms with E-state index in [1.165, 1.54) is 53.6 Å². The number of hydrogen-bond acceptors (Lipinski definition) is 3. The van der Waals surface area contributed by atoms with Gasteiger partial charge in [0.1, 0.15) is 5.82 Å². The highest BCUT2D eigenvalue weighted by Crippen LogP contribution is 2.28. The van der Waals surface area contributed by atoms with Gasteiger partial charge in [0.05, 0.1) is 11.0 Å². The average molecular weight is 386 g/mol. The zero-order valence-electron chi connectivity index (χ0n) is 15.3. The number of amides is 2. The van der Waals surface area contributed by atoms with Gasteiger partial charge in [0.15, 0.2) is 0 Å². The van der Waals surface area contributed by atoms with Gasteiger partial charge in [0.2, 0.25) is 11.8 Å². The molecule has 2 aromatic carbocycles. The van der Waals surface area contributed by atoms with Crippen molar-refractivity contribution in [1.29, 1.82) is 0 Å². The molecule has 3 rings (SSSR count). The Bertz CT molecular complexity index is 823. The Kier molecular flexibility index (Phi) is 6.50. The maximum Gasteiger partial charge on any atom is 0.237 e. The van der Waals surface area contributed by atoms with Gasteiger partial charge in [-0.3, -0.25) is 9.59 Å². The van der Waals surface area contributed by atoms with E-state index in [1.807, 2.05) is 12.1 Å². The normalized spacial score (nSPS) is 14.1. The van der Waals surface area contributed by atoms with Crippen LogP contribution < -0.4 is 10.6 Å². The van der Waals surface area contributed by atoms with Crippen LogP contribution in [0.15, 0.2) is 42.5 Å². The number of carbonyl (C=O) groups is 2. The zero-order valence-corrected chi connectivity index (χ0v) is 16.1. The van der Waals surface area contributed by atoms with Gasteiger partial charge < -0.3 is 10.6 Å². The number of nitrogens with one attached hydrogen (secondary N) is 2. The summed E-state index contributed by atoms with van der Waals surface area (Å²) >= 11 is 1.27. The van der Waals surface area contributed by atoms with Gasteiger partial charge in [-0.05, 0) is 74.1 Å². The lowest BCUT2D eigenvalue weighted by atomic mass is 9.90. The smallest absolute Gasteiger partial charge is 0.237 e. The molecule has 2 aromatic rings. The summed E-state index contributed by atoms with van der Waals surface area (Å²) in [5.74, 6) is -0.522. The number of halogens is 1. The largest absolute Gasteiger partial charge is 0.325 e. The number of fused-ring (bicyclic) bond motifs is 1. The van der Waals surface area contributed by atoms with E-state index in [9.17, 15) is 14.0 Å². The van der Waals surface area contributed by atoms with Crippen LogP contribution in [0.5, 0.6) is 0 Å². The van der Waals surface area contributed by atoms with Gasteiger partial charge in [-0.1, -0.05) is 12.1 Å². The van der Waals surface area contributed by atoms with Crippen molar-refractivity contribution in [1.82, 2.24) is 0 Å². The molecule has 0 heterocycles. The lowest BCUT2D eigenvalue weighted by Gasteiger charge is -2.20. The van der Waals surface area contributed by atoms with E-state index in [0.717, 1.165) is 24.9 Å². The first-order valence-electron chi connectivity index (χ1n) is 9.11. The predicted octanol–water partition coefficient (Wildman–Crippen LogP) is 4.40. The van der Waals surface area contributed by atoms with Crippen LogP contribution in [0.3, 0.4) is 0 Å². The van der Waals surface area contributed by atoms with Crippen LogP contribution in [0.2, 0.25) is 0 Å². The van der Waals surface area contributed by atoms with Crippen LogP contribution in [0.4, 0.5) is 15.8 Å². The molecule has 0 radical (unpaired) electrons. The number of aryl methyl sites for hydroxylation is 1. The fraction of sp³-hybridized carbons (Fsp3) is 0.333. The Morgan fingerprint density at radius 2 is 1.81 bits per heavy atom.